The van der Waals surface area contributed by atoms with Gasteiger partial charge in [-0.3, -0.25) is 10.1 Å². The molecule has 4 rings (SSSR count). The fourth-order valence-electron chi connectivity index (χ4n) is 2.88. The largest absolute Gasteiger partial charge is 0.450 e. The van der Waals surface area contributed by atoms with Crippen molar-refractivity contribution in [2.75, 3.05) is 11.1 Å². The first-order valence-electron chi connectivity index (χ1n) is 10.2. The molecule has 0 atom stereocenters. The predicted octanol–water partition coefficient (Wildman–Crippen LogP) is 6.73. The van der Waals surface area contributed by atoms with E-state index in [4.69, 9.17) is 4.42 Å². The van der Waals surface area contributed by atoms with Gasteiger partial charge in [-0.25, -0.2) is 0 Å². The lowest BCUT2D eigenvalue weighted by Crippen LogP contribution is -2.13. The maximum Gasteiger partial charge on any atom is 0.268 e. The molecule has 0 saturated heterocycles. The van der Waals surface area contributed by atoms with E-state index in [9.17, 15) is 10.1 Å². The number of nitrogens with one attached hydrogen (secondary N) is 1. The number of aromatic nitrogens is 2. The van der Waals surface area contributed by atoms with E-state index < -0.39 is 5.91 Å². The Balaban J connectivity index is 1.44. The van der Waals surface area contributed by atoms with Crippen molar-refractivity contribution in [2.45, 2.75) is 29.0 Å². The first-order chi connectivity index (χ1) is 16.0. The third kappa shape index (κ3) is 6.05. The zero-order valence-electron chi connectivity index (χ0n) is 17.9. The van der Waals surface area contributed by atoms with Crippen LogP contribution in [0.2, 0.25) is 0 Å². The van der Waals surface area contributed by atoms with E-state index in [1.54, 1.807) is 6.07 Å². The molecule has 0 aliphatic carbocycles. The molecule has 2 heterocycles. The van der Waals surface area contributed by atoms with E-state index in [1.807, 2.05) is 36.4 Å². The first-order valence-corrected chi connectivity index (χ1v) is 12.7. The standard InChI is InChI=1S/C24H20N4O2S3/c1-15(2)14-31-24-27-23(33-28-24)26-22(29)17(13-25)12-18-10-11-21(30-18)32-20-9-5-7-16-6-3-4-8-19(16)20/h3-12,15H,14H2,1-2H3,(H,26,27,28,29). The molecule has 2 aromatic heterocycles. The highest BCUT2D eigenvalue weighted by Gasteiger charge is 2.15. The number of carbonyl (C=O) groups is 1. The van der Waals surface area contributed by atoms with Crippen molar-refractivity contribution in [1.82, 2.24) is 9.36 Å². The van der Waals surface area contributed by atoms with E-state index in [1.165, 1.54) is 29.6 Å². The highest BCUT2D eigenvalue weighted by atomic mass is 32.2. The lowest BCUT2D eigenvalue weighted by Gasteiger charge is -2.04. The van der Waals surface area contributed by atoms with E-state index in [2.05, 4.69) is 46.7 Å². The number of hydrogen-bond donors (Lipinski definition) is 1. The lowest BCUT2D eigenvalue weighted by atomic mass is 10.1. The second-order valence-corrected chi connectivity index (χ2v) is 10.2. The average molecular weight is 493 g/mol. The van der Waals surface area contributed by atoms with Crippen LogP contribution >= 0.6 is 35.1 Å². The monoisotopic (exact) mass is 492 g/mol. The molecule has 6 nitrogen and oxygen atoms in total. The van der Waals surface area contributed by atoms with Crippen molar-refractivity contribution >= 4 is 62.9 Å². The molecule has 1 amide bonds. The summed E-state index contributed by atoms with van der Waals surface area (Å²) in [7, 11) is 0. The van der Waals surface area contributed by atoms with Crippen molar-refractivity contribution < 1.29 is 9.21 Å². The number of carbonyl (C=O) groups excluding carboxylic acids is 1. The van der Waals surface area contributed by atoms with Gasteiger partial charge >= 0.3 is 0 Å². The normalized spacial score (nSPS) is 11.6. The smallest absolute Gasteiger partial charge is 0.268 e. The fourth-order valence-corrected chi connectivity index (χ4v) is 5.30. The molecule has 0 aliphatic heterocycles. The SMILES string of the molecule is CC(C)CSc1nsc(NC(=O)C(C#N)=Cc2ccc(Sc3cccc4ccccc34)o2)n1. The number of benzene rings is 2. The van der Waals surface area contributed by atoms with Gasteiger partial charge in [0.2, 0.25) is 10.3 Å². The number of anilines is 1. The number of nitrogens with zero attached hydrogens (tertiary/aromatic N) is 3. The summed E-state index contributed by atoms with van der Waals surface area (Å²) >= 11 is 4.12. The van der Waals surface area contributed by atoms with Gasteiger partial charge in [0.15, 0.2) is 5.09 Å². The summed E-state index contributed by atoms with van der Waals surface area (Å²) in [5, 5.41) is 16.1. The summed E-state index contributed by atoms with van der Waals surface area (Å²) in [6, 6.07) is 19.8. The fraction of sp³-hybridized carbons (Fsp3) is 0.167. The maximum atomic E-state index is 12.6. The highest BCUT2D eigenvalue weighted by Crippen LogP contribution is 2.34. The zero-order valence-corrected chi connectivity index (χ0v) is 20.4. The van der Waals surface area contributed by atoms with E-state index in [0.717, 1.165) is 33.0 Å². The molecule has 166 valence electrons. The molecule has 0 unspecified atom stereocenters. The van der Waals surface area contributed by atoms with Gasteiger partial charge in [0.1, 0.15) is 17.4 Å². The molecule has 0 saturated carbocycles. The summed E-state index contributed by atoms with van der Waals surface area (Å²) in [6.07, 6.45) is 1.43. The Labute approximate surface area is 204 Å². The van der Waals surface area contributed by atoms with Crippen LogP contribution in [0.25, 0.3) is 16.8 Å². The van der Waals surface area contributed by atoms with E-state index in [0.29, 0.717) is 27.1 Å². The minimum atomic E-state index is -0.547. The van der Waals surface area contributed by atoms with Crippen LogP contribution in [-0.2, 0) is 4.79 Å². The molecule has 4 aromatic rings. The van der Waals surface area contributed by atoms with Crippen molar-refractivity contribution in [3.05, 3.63) is 65.9 Å². The van der Waals surface area contributed by atoms with Crippen molar-refractivity contribution in [2.24, 2.45) is 5.92 Å². The molecule has 2 aromatic carbocycles. The van der Waals surface area contributed by atoms with Crippen molar-refractivity contribution in [3.8, 4) is 6.07 Å². The Kier molecular flexibility index (Phi) is 7.50. The molecule has 0 radical (unpaired) electrons. The molecule has 0 aliphatic rings. The minimum Gasteiger partial charge on any atom is -0.450 e. The molecule has 33 heavy (non-hydrogen) atoms. The van der Waals surface area contributed by atoms with Crippen LogP contribution < -0.4 is 5.32 Å². The zero-order chi connectivity index (χ0) is 23.2. The number of nitriles is 1. The van der Waals surface area contributed by atoms with Gasteiger partial charge in [0.05, 0.1) is 0 Å². The first kappa shape index (κ1) is 23.1. The molecule has 0 fully saturated rings. The minimum absolute atomic E-state index is 0.0716. The summed E-state index contributed by atoms with van der Waals surface area (Å²) < 4.78 is 10.1. The van der Waals surface area contributed by atoms with Crippen LogP contribution in [0.4, 0.5) is 5.13 Å². The summed E-state index contributed by atoms with van der Waals surface area (Å²) in [4.78, 5) is 17.9. The molecule has 0 bridgehead atoms. The Hall–Kier alpha value is -3.06. The number of rotatable bonds is 8. The van der Waals surface area contributed by atoms with Gasteiger partial charge in [-0.15, -0.1) is 0 Å². The van der Waals surface area contributed by atoms with E-state index in [-0.39, 0.29) is 5.57 Å². The Morgan fingerprint density at radius 2 is 2.03 bits per heavy atom. The highest BCUT2D eigenvalue weighted by molar-refractivity contribution is 7.99. The molecular weight excluding hydrogens is 472 g/mol. The van der Waals surface area contributed by atoms with Crippen LogP contribution in [-0.4, -0.2) is 21.0 Å². The van der Waals surface area contributed by atoms with Crippen LogP contribution in [0, 0.1) is 17.2 Å². The van der Waals surface area contributed by atoms with Gasteiger partial charge in [-0.2, -0.15) is 14.6 Å². The molecule has 9 heteroatoms. The maximum absolute atomic E-state index is 12.6. The summed E-state index contributed by atoms with van der Waals surface area (Å²) in [6.45, 7) is 4.24. The summed E-state index contributed by atoms with van der Waals surface area (Å²) in [5.74, 6) is 1.29. The Morgan fingerprint density at radius 1 is 1.21 bits per heavy atom. The number of fused-ring (bicyclic) bond motifs is 1. The van der Waals surface area contributed by atoms with Crippen LogP contribution in [0.3, 0.4) is 0 Å². The number of furan rings is 1. The molecule has 0 spiro atoms. The van der Waals surface area contributed by atoms with Crippen LogP contribution in [0.15, 0.2) is 79.7 Å². The third-order valence-corrected chi connectivity index (χ3v) is 7.40. The number of thioether (sulfide) groups is 1. The lowest BCUT2D eigenvalue weighted by molar-refractivity contribution is -0.112. The summed E-state index contributed by atoms with van der Waals surface area (Å²) in [5.41, 5.74) is -0.0716. The van der Waals surface area contributed by atoms with Gasteiger partial charge in [0, 0.05) is 28.3 Å². The van der Waals surface area contributed by atoms with Crippen LogP contribution in [0.5, 0.6) is 0 Å². The van der Waals surface area contributed by atoms with Gasteiger partial charge in [0.25, 0.3) is 5.91 Å². The third-order valence-electron chi connectivity index (χ3n) is 4.39. The quantitative estimate of drug-likeness (QED) is 0.166. The van der Waals surface area contributed by atoms with Gasteiger partial charge in [-0.05, 0) is 34.9 Å². The number of amides is 1. The Morgan fingerprint density at radius 3 is 2.85 bits per heavy atom. The average Bonchev–Trinajstić information content (AvgIpc) is 3.45. The van der Waals surface area contributed by atoms with Gasteiger partial charge < -0.3 is 4.42 Å². The second kappa shape index (κ2) is 10.7. The predicted molar refractivity (Wildman–Crippen MR) is 134 cm³/mol. The van der Waals surface area contributed by atoms with Gasteiger partial charge in [-0.1, -0.05) is 73.8 Å². The van der Waals surface area contributed by atoms with Crippen LogP contribution in [0.1, 0.15) is 19.6 Å². The molecular formula is C24H20N4O2S3. The van der Waals surface area contributed by atoms with Crippen molar-refractivity contribution in [1.29, 1.82) is 5.26 Å². The Bertz CT molecular complexity index is 1350. The second-order valence-electron chi connectivity index (χ2n) is 7.45. The van der Waals surface area contributed by atoms with Crippen molar-refractivity contribution in [3.63, 3.8) is 0 Å². The molecule has 1 N–H and O–H groups in total. The topological polar surface area (TPSA) is 91.8 Å². The number of hydrogen-bond acceptors (Lipinski definition) is 8. The van der Waals surface area contributed by atoms with E-state index >= 15 is 0 Å².